The molecule has 0 heterocycles. The Morgan fingerprint density at radius 1 is 1.33 bits per heavy atom. The molecule has 0 saturated carbocycles. The summed E-state index contributed by atoms with van der Waals surface area (Å²) in [4.78, 5) is 0. The lowest BCUT2D eigenvalue weighted by Gasteiger charge is -2.02. The Morgan fingerprint density at radius 3 is 2.33 bits per heavy atom. The molecule has 0 bridgehead atoms. The highest BCUT2D eigenvalue weighted by molar-refractivity contribution is 9.12. The van der Waals surface area contributed by atoms with Gasteiger partial charge in [0.05, 0.1) is 0 Å². The summed E-state index contributed by atoms with van der Waals surface area (Å²) in [6, 6.07) is 0. The summed E-state index contributed by atoms with van der Waals surface area (Å²) in [5, 5.41) is 0. The molecule has 66 valence electrons. The summed E-state index contributed by atoms with van der Waals surface area (Å²) in [5.41, 5.74) is 2.22. The number of rotatable bonds is 3. The minimum absolute atomic E-state index is 1.04. The Kier molecular flexibility index (Phi) is 5.73. The molecular weight excluding hydrogens is 212 g/mol. The fourth-order valence-corrected chi connectivity index (χ4v) is 1.02. The molecule has 0 aromatic rings. The molecule has 0 aliphatic heterocycles. The van der Waals surface area contributed by atoms with Gasteiger partial charge in [-0.3, -0.25) is 0 Å². The van der Waals surface area contributed by atoms with Gasteiger partial charge in [0, 0.05) is 4.48 Å². The van der Waals surface area contributed by atoms with Gasteiger partial charge in [-0.15, -0.1) is 0 Å². The van der Waals surface area contributed by atoms with Gasteiger partial charge in [0.1, 0.15) is 0 Å². The fourth-order valence-electron chi connectivity index (χ4n) is 0.704. The van der Waals surface area contributed by atoms with E-state index in [0.29, 0.717) is 0 Å². The molecule has 0 aromatic carbocycles. The van der Waals surface area contributed by atoms with Crippen LogP contribution in [0.15, 0.2) is 46.5 Å². The molecule has 0 aliphatic rings. The van der Waals surface area contributed by atoms with Gasteiger partial charge in [-0.25, -0.2) is 0 Å². The van der Waals surface area contributed by atoms with Crippen molar-refractivity contribution in [2.24, 2.45) is 0 Å². The Hall–Kier alpha value is -0.560. The lowest BCUT2D eigenvalue weighted by molar-refractivity contribution is 1.42. The van der Waals surface area contributed by atoms with Gasteiger partial charge in [0.2, 0.25) is 0 Å². The maximum absolute atomic E-state index is 3.96. The van der Waals surface area contributed by atoms with Crippen molar-refractivity contribution in [3.8, 4) is 0 Å². The first-order chi connectivity index (χ1) is 5.63. The monoisotopic (exact) mass is 226 g/mol. The molecule has 0 fully saturated rings. The lowest BCUT2D eigenvalue weighted by atomic mass is 10.1. The molecule has 0 nitrogen and oxygen atoms in total. The van der Waals surface area contributed by atoms with E-state index < -0.39 is 0 Å². The quantitative estimate of drug-likeness (QED) is 0.628. The summed E-state index contributed by atoms with van der Waals surface area (Å²) in [6.45, 7) is 9.99. The topological polar surface area (TPSA) is 0 Å². The molecular formula is C11H15Br. The van der Waals surface area contributed by atoms with Gasteiger partial charge in [-0.2, -0.15) is 0 Å². The van der Waals surface area contributed by atoms with Crippen LogP contribution in [0, 0.1) is 0 Å². The standard InChI is InChI=1S/C11H15Br/c1-5-7-8-9(3)10(4)11(12)6-2/h5-8H,4H2,1-3H3. The van der Waals surface area contributed by atoms with E-state index in [1.165, 1.54) is 5.57 Å². The van der Waals surface area contributed by atoms with Gasteiger partial charge in [-0.1, -0.05) is 46.8 Å². The average Bonchev–Trinajstić information content (AvgIpc) is 2.11. The van der Waals surface area contributed by atoms with Crippen molar-refractivity contribution >= 4 is 15.9 Å². The molecule has 0 aliphatic carbocycles. The van der Waals surface area contributed by atoms with E-state index in [2.05, 4.69) is 22.5 Å². The van der Waals surface area contributed by atoms with Crippen LogP contribution >= 0.6 is 15.9 Å². The van der Waals surface area contributed by atoms with Crippen molar-refractivity contribution in [1.82, 2.24) is 0 Å². The first-order valence-corrected chi connectivity index (χ1v) is 4.73. The minimum Gasteiger partial charge on any atom is -0.0904 e. The predicted octanol–water partition coefficient (Wildman–Crippen LogP) is 4.36. The molecule has 0 unspecified atom stereocenters. The summed E-state index contributed by atoms with van der Waals surface area (Å²) in [7, 11) is 0. The third kappa shape index (κ3) is 3.72. The van der Waals surface area contributed by atoms with Crippen LogP contribution in [-0.2, 0) is 0 Å². The number of allylic oxidation sites excluding steroid dienone is 7. The Bertz CT molecular complexity index is 242. The van der Waals surface area contributed by atoms with Crippen molar-refractivity contribution in [1.29, 1.82) is 0 Å². The minimum atomic E-state index is 1.04. The molecule has 0 radical (unpaired) electrons. The summed E-state index contributed by atoms with van der Waals surface area (Å²) in [5.74, 6) is 0. The summed E-state index contributed by atoms with van der Waals surface area (Å²) < 4.78 is 1.06. The smallest absolute Gasteiger partial charge is 0.0201 e. The van der Waals surface area contributed by atoms with Crippen LogP contribution in [0.1, 0.15) is 20.8 Å². The van der Waals surface area contributed by atoms with Crippen LogP contribution in [0.25, 0.3) is 0 Å². The van der Waals surface area contributed by atoms with Gasteiger partial charge < -0.3 is 0 Å². The molecule has 0 spiro atoms. The Morgan fingerprint density at radius 2 is 1.92 bits per heavy atom. The second-order valence-corrected chi connectivity index (χ2v) is 3.34. The first kappa shape index (κ1) is 11.4. The van der Waals surface area contributed by atoms with Crippen LogP contribution in [-0.4, -0.2) is 0 Å². The van der Waals surface area contributed by atoms with Gasteiger partial charge in [0.25, 0.3) is 0 Å². The second-order valence-electron chi connectivity index (χ2n) is 2.49. The fraction of sp³-hybridized carbons (Fsp3) is 0.273. The van der Waals surface area contributed by atoms with Crippen molar-refractivity contribution in [3.05, 3.63) is 46.5 Å². The van der Waals surface area contributed by atoms with Crippen molar-refractivity contribution < 1.29 is 0 Å². The summed E-state index contributed by atoms with van der Waals surface area (Å²) in [6.07, 6.45) is 8.05. The van der Waals surface area contributed by atoms with Crippen molar-refractivity contribution in [3.63, 3.8) is 0 Å². The molecule has 0 N–H and O–H groups in total. The van der Waals surface area contributed by atoms with E-state index in [0.717, 1.165) is 10.1 Å². The zero-order chi connectivity index (χ0) is 9.56. The maximum atomic E-state index is 3.96. The van der Waals surface area contributed by atoms with E-state index in [1.54, 1.807) is 0 Å². The molecule has 12 heavy (non-hydrogen) atoms. The third-order valence-corrected chi connectivity index (χ3v) is 2.49. The molecule has 0 aromatic heterocycles. The molecule has 0 rings (SSSR count). The molecule has 0 saturated heterocycles. The number of hydrogen-bond acceptors (Lipinski definition) is 0. The predicted molar refractivity (Wildman–Crippen MR) is 60.4 cm³/mol. The van der Waals surface area contributed by atoms with Crippen molar-refractivity contribution in [2.75, 3.05) is 0 Å². The second kappa shape index (κ2) is 6.01. The number of hydrogen-bond donors (Lipinski definition) is 0. The zero-order valence-corrected chi connectivity index (χ0v) is 9.48. The molecule has 0 amide bonds. The summed E-state index contributed by atoms with van der Waals surface area (Å²) >= 11 is 3.43. The highest BCUT2D eigenvalue weighted by atomic mass is 79.9. The Labute approximate surface area is 83.5 Å². The third-order valence-electron chi connectivity index (χ3n) is 1.56. The normalized spacial score (nSPS) is 14.0. The van der Waals surface area contributed by atoms with E-state index >= 15 is 0 Å². The Balaban J connectivity index is 4.50. The van der Waals surface area contributed by atoms with Crippen LogP contribution in [0.5, 0.6) is 0 Å². The largest absolute Gasteiger partial charge is 0.0904 e. The molecule has 1 heteroatoms. The van der Waals surface area contributed by atoms with Gasteiger partial charge >= 0.3 is 0 Å². The van der Waals surface area contributed by atoms with E-state index in [1.807, 2.05) is 45.1 Å². The van der Waals surface area contributed by atoms with Gasteiger partial charge in [-0.05, 0) is 31.9 Å². The van der Waals surface area contributed by atoms with E-state index in [9.17, 15) is 0 Å². The lowest BCUT2D eigenvalue weighted by Crippen LogP contribution is -1.81. The van der Waals surface area contributed by atoms with Crippen LogP contribution < -0.4 is 0 Å². The molecule has 0 atom stereocenters. The zero-order valence-electron chi connectivity index (χ0n) is 7.89. The van der Waals surface area contributed by atoms with Gasteiger partial charge in [0.15, 0.2) is 0 Å². The van der Waals surface area contributed by atoms with E-state index in [4.69, 9.17) is 0 Å². The SMILES string of the molecule is C=C(C(C)=CC=CC)C(Br)=CC. The average molecular weight is 227 g/mol. The van der Waals surface area contributed by atoms with E-state index in [-0.39, 0.29) is 0 Å². The maximum Gasteiger partial charge on any atom is 0.0201 e. The van der Waals surface area contributed by atoms with Crippen LogP contribution in [0.4, 0.5) is 0 Å². The highest BCUT2D eigenvalue weighted by Crippen LogP contribution is 2.21. The number of halogens is 1. The van der Waals surface area contributed by atoms with Crippen LogP contribution in [0.2, 0.25) is 0 Å². The first-order valence-electron chi connectivity index (χ1n) is 3.94. The van der Waals surface area contributed by atoms with Crippen LogP contribution in [0.3, 0.4) is 0 Å². The van der Waals surface area contributed by atoms with Crippen molar-refractivity contribution in [2.45, 2.75) is 20.8 Å². The highest BCUT2D eigenvalue weighted by Gasteiger charge is 1.97.